The van der Waals surface area contributed by atoms with E-state index in [-0.39, 0.29) is 6.10 Å². The first kappa shape index (κ1) is 17.8. The lowest BCUT2D eigenvalue weighted by atomic mass is 10.0. The second-order valence-corrected chi connectivity index (χ2v) is 5.93. The summed E-state index contributed by atoms with van der Waals surface area (Å²) in [5.74, 6) is 0.907. The number of benzene rings is 2. The Bertz CT molecular complexity index is 602. The third kappa shape index (κ3) is 5.26. The highest BCUT2D eigenvalue weighted by atomic mass is 35.5. The van der Waals surface area contributed by atoms with E-state index >= 15 is 0 Å². The van der Waals surface area contributed by atoms with E-state index in [9.17, 15) is 0 Å². The second kappa shape index (κ2) is 8.95. The zero-order valence-electron chi connectivity index (χ0n) is 14.1. The van der Waals surface area contributed by atoms with E-state index in [2.05, 4.69) is 25.1 Å². The lowest BCUT2D eigenvalue weighted by Crippen LogP contribution is -2.15. The third-order valence-electron chi connectivity index (χ3n) is 3.71. The summed E-state index contributed by atoms with van der Waals surface area (Å²) in [6.45, 7) is 7.58. The Hall–Kier alpha value is -1.51. The van der Waals surface area contributed by atoms with Crippen LogP contribution in [0.3, 0.4) is 0 Å². The Balaban J connectivity index is 0.000000924. The molecule has 1 saturated heterocycles. The first-order chi connectivity index (χ1) is 11.2. The molecule has 1 aliphatic rings. The summed E-state index contributed by atoms with van der Waals surface area (Å²) in [6, 6.07) is 14.4. The number of halogens is 1. The van der Waals surface area contributed by atoms with Gasteiger partial charge in [-0.2, -0.15) is 0 Å². The standard InChI is InChI=1S/C18H19ClO2.C2H6/c1-13-2-7-18(19)15(10-13)11-14-3-5-16(6-4-14)21-17-8-9-20-12-17;1-2/h2-7,10,17H,8-9,11-12H2,1H3;1-2H3. The summed E-state index contributed by atoms with van der Waals surface area (Å²) in [5, 5.41) is 0.823. The molecule has 124 valence electrons. The molecule has 0 aliphatic carbocycles. The summed E-state index contributed by atoms with van der Waals surface area (Å²) >= 11 is 6.25. The number of rotatable bonds is 4. The SMILES string of the molecule is CC.Cc1ccc(Cl)c(Cc2ccc(OC3CCOC3)cc2)c1. The van der Waals surface area contributed by atoms with E-state index in [4.69, 9.17) is 21.1 Å². The highest BCUT2D eigenvalue weighted by Gasteiger charge is 2.16. The number of aryl methyl sites for hydroxylation is 1. The van der Waals surface area contributed by atoms with Crippen LogP contribution in [0.5, 0.6) is 5.75 Å². The molecule has 0 radical (unpaired) electrons. The summed E-state index contributed by atoms with van der Waals surface area (Å²) in [4.78, 5) is 0. The van der Waals surface area contributed by atoms with E-state index in [1.807, 2.05) is 38.1 Å². The molecule has 1 unspecified atom stereocenters. The van der Waals surface area contributed by atoms with Gasteiger partial charge in [0.2, 0.25) is 0 Å². The van der Waals surface area contributed by atoms with Crippen LogP contribution in [0, 0.1) is 6.92 Å². The van der Waals surface area contributed by atoms with Gasteiger partial charge in [0.05, 0.1) is 13.2 Å². The number of hydrogen-bond acceptors (Lipinski definition) is 2. The molecule has 2 aromatic carbocycles. The van der Waals surface area contributed by atoms with Crippen LogP contribution in [0.15, 0.2) is 42.5 Å². The molecule has 0 spiro atoms. The van der Waals surface area contributed by atoms with Crippen LogP contribution >= 0.6 is 11.6 Å². The molecule has 0 aromatic heterocycles. The van der Waals surface area contributed by atoms with Crippen LogP contribution in [0.25, 0.3) is 0 Å². The Morgan fingerprint density at radius 3 is 2.52 bits per heavy atom. The van der Waals surface area contributed by atoms with Crippen molar-refractivity contribution in [2.45, 2.75) is 39.7 Å². The van der Waals surface area contributed by atoms with E-state index in [0.29, 0.717) is 6.61 Å². The third-order valence-corrected chi connectivity index (χ3v) is 4.08. The maximum absolute atomic E-state index is 6.25. The molecule has 1 aliphatic heterocycles. The van der Waals surface area contributed by atoms with Crippen LogP contribution in [-0.4, -0.2) is 19.3 Å². The first-order valence-corrected chi connectivity index (χ1v) is 8.67. The molecule has 3 heteroatoms. The van der Waals surface area contributed by atoms with Gasteiger partial charge >= 0.3 is 0 Å². The van der Waals surface area contributed by atoms with Crippen molar-refractivity contribution in [2.24, 2.45) is 0 Å². The highest BCUT2D eigenvalue weighted by Crippen LogP contribution is 2.23. The van der Waals surface area contributed by atoms with Crippen molar-refractivity contribution < 1.29 is 9.47 Å². The summed E-state index contributed by atoms with van der Waals surface area (Å²) < 4.78 is 11.2. The normalized spacial score (nSPS) is 16.6. The van der Waals surface area contributed by atoms with Crippen molar-refractivity contribution in [3.63, 3.8) is 0 Å². The van der Waals surface area contributed by atoms with Crippen molar-refractivity contribution >= 4 is 11.6 Å². The quantitative estimate of drug-likeness (QED) is 0.743. The zero-order valence-corrected chi connectivity index (χ0v) is 14.9. The highest BCUT2D eigenvalue weighted by molar-refractivity contribution is 6.31. The molecule has 1 heterocycles. The average molecular weight is 333 g/mol. The van der Waals surface area contributed by atoms with Gasteiger partial charge in [0.15, 0.2) is 0 Å². The lowest BCUT2D eigenvalue weighted by molar-refractivity contribution is 0.141. The minimum absolute atomic E-state index is 0.196. The predicted molar refractivity (Wildman–Crippen MR) is 96.6 cm³/mol. The molecular weight excluding hydrogens is 308 g/mol. The monoisotopic (exact) mass is 332 g/mol. The van der Waals surface area contributed by atoms with Crippen LogP contribution in [0.2, 0.25) is 5.02 Å². The smallest absolute Gasteiger partial charge is 0.124 e. The second-order valence-electron chi connectivity index (χ2n) is 5.52. The molecule has 0 bridgehead atoms. The molecule has 0 amide bonds. The minimum atomic E-state index is 0.196. The van der Waals surface area contributed by atoms with Crippen LogP contribution in [-0.2, 0) is 11.2 Å². The van der Waals surface area contributed by atoms with Gasteiger partial charge in [0, 0.05) is 11.4 Å². The van der Waals surface area contributed by atoms with Crippen molar-refractivity contribution in [2.75, 3.05) is 13.2 Å². The molecule has 0 N–H and O–H groups in total. The summed E-state index contributed by atoms with van der Waals surface area (Å²) in [7, 11) is 0. The van der Waals surface area contributed by atoms with Gasteiger partial charge in [0.1, 0.15) is 11.9 Å². The van der Waals surface area contributed by atoms with E-state index in [0.717, 1.165) is 35.8 Å². The van der Waals surface area contributed by atoms with E-state index < -0.39 is 0 Å². The molecule has 23 heavy (non-hydrogen) atoms. The van der Waals surface area contributed by atoms with Crippen molar-refractivity contribution in [3.05, 3.63) is 64.2 Å². The molecule has 0 saturated carbocycles. The first-order valence-electron chi connectivity index (χ1n) is 8.29. The van der Waals surface area contributed by atoms with E-state index in [1.54, 1.807) is 0 Å². The van der Waals surface area contributed by atoms with E-state index in [1.165, 1.54) is 11.1 Å². The Morgan fingerprint density at radius 1 is 1.13 bits per heavy atom. The molecule has 3 rings (SSSR count). The van der Waals surface area contributed by atoms with Gasteiger partial charge in [-0.15, -0.1) is 0 Å². The number of hydrogen-bond donors (Lipinski definition) is 0. The van der Waals surface area contributed by atoms with Crippen molar-refractivity contribution in [3.8, 4) is 5.75 Å². The van der Waals surface area contributed by atoms with Crippen LogP contribution < -0.4 is 4.74 Å². The van der Waals surface area contributed by atoms with Gasteiger partial charge in [-0.3, -0.25) is 0 Å². The van der Waals surface area contributed by atoms with Crippen LogP contribution in [0.4, 0.5) is 0 Å². The van der Waals surface area contributed by atoms with Gasteiger partial charge in [0.25, 0.3) is 0 Å². The van der Waals surface area contributed by atoms with Crippen molar-refractivity contribution in [1.82, 2.24) is 0 Å². The van der Waals surface area contributed by atoms with Gasteiger partial charge < -0.3 is 9.47 Å². The Morgan fingerprint density at radius 2 is 1.87 bits per heavy atom. The largest absolute Gasteiger partial charge is 0.488 e. The molecule has 2 aromatic rings. The Kier molecular flexibility index (Phi) is 6.94. The molecule has 1 atom stereocenters. The molecule has 2 nitrogen and oxygen atoms in total. The lowest BCUT2D eigenvalue weighted by Gasteiger charge is -2.12. The predicted octanol–water partition coefficient (Wildman–Crippen LogP) is 5.43. The summed E-state index contributed by atoms with van der Waals surface area (Å²) in [5.41, 5.74) is 3.63. The van der Waals surface area contributed by atoms with Gasteiger partial charge in [-0.25, -0.2) is 0 Å². The van der Waals surface area contributed by atoms with Crippen LogP contribution in [0.1, 0.15) is 37.0 Å². The van der Waals surface area contributed by atoms with Gasteiger partial charge in [-0.05, 0) is 42.7 Å². The molecular formula is C20H25ClO2. The minimum Gasteiger partial charge on any atom is -0.488 e. The van der Waals surface area contributed by atoms with Gasteiger partial charge in [-0.1, -0.05) is 55.3 Å². The fourth-order valence-electron chi connectivity index (χ4n) is 2.54. The Labute approximate surface area is 144 Å². The topological polar surface area (TPSA) is 18.5 Å². The maximum atomic E-state index is 6.25. The zero-order chi connectivity index (χ0) is 16.7. The van der Waals surface area contributed by atoms with Crippen molar-refractivity contribution in [1.29, 1.82) is 0 Å². The average Bonchev–Trinajstić information content (AvgIpc) is 3.08. The number of ether oxygens (including phenoxy) is 2. The summed E-state index contributed by atoms with van der Waals surface area (Å²) in [6.07, 6.45) is 2.01. The fraction of sp³-hybridized carbons (Fsp3) is 0.400. The maximum Gasteiger partial charge on any atom is 0.124 e. The fourth-order valence-corrected chi connectivity index (χ4v) is 2.73. The molecule has 1 fully saturated rings.